The Morgan fingerprint density at radius 2 is 1.76 bits per heavy atom. The molecule has 1 N–H and O–H groups in total. The summed E-state index contributed by atoms with van der Waals surface area (Å²) in [6, 6.07) is 0.317. The summed E-state index contributed by atoms with van der Waals surface area (Å²) in [7, 11) is 0. The second kappa shape index (κ2) is 10.4. The molecular formula is C21H26IN5O7. The number of nitrogens with one attached hydrogen (secondary N) is 1. The lowest BCUT2D eigenvalue weighted by Gasteiger charge is -2.23. The van der Waals surface area contributed by atoms with E-state index in [1.807, 2.05) is 22.6 Å². The maximum Gasteiger partial charge on any atom is 0.303 e. The minimum absolute atomic E-state index is 0.185. The third-order valence-electron chi connectivity index (χ3n) is 5.70. The van der Waals surface area contributed by atoms with Crippen LogP contribution in [0.25, 0.3) is 11.2 Å². The van der Waals surface area contributed by atoms with Gasteiger partial charge in [-0.1, -0.05) is 12.8 Å². The molecule has 0 amide bonds. The smallest absolute Gasteiger partial charge is 0.303 e. The Labute approximate surface area is 209 Å². The fourth-order valence-corrected chi connectivity index (χ4v) is 4.83. The van der Waals surface area contributed by atoms with Crippen molar-refractivity contribution in [1.29, 1.82) is 0 Å². The van der Waals surface area contributed by atoms with Crippen molar-refractivity contribution in [2.45, 2.75) is 77.0 Å². The predicted molar refractivity (Wildman–Crippen MR) is 126 cm³/mol. The minimum Gasteiger partial charge on any atom is -0.463 e. The number of esters is 3. The van der Waals surface area contributed by atoms with Crippen molar-refractivity contribution < 1.29 is 33.3 Å². The fourth-order valence-electron chi connectivity index (χ4n) is 4.36. The predicted octanol–water partition coefficient (Wildman–Crippen LogP) is 2.11. The lowest BCUT2D eigenvalue weighted by molar-refractivity contribution is -0.166. The molecule has 12 nitrogen and oxygen atoms in total. The van der Waals surface area contributed by atoms with E-state index >= 15 is 0 Å². The third kappa shape index (κ3) is 5.40. The first-order valence-corrected chi connectivity index (χ1v) is 12.1. The summed E-state index contributed by atoms with van der Waals surface area (Å²) >= 11 is 2.03. The molecule has 34 heavy (non-hydrogen) atoms. The molecule has 1 saturated heterocycles. The fraction of sp³-hybridized carbons (Fsp3) is 0.619. The van der Waals surface area contributed by atoms with Crippen LogP contribution >= 0.6 is 22.6 Å². The van der Waals surface area contributed by atoms with Gasteiger partial charge in [0.1, 0.15) is 12.7 Å². The van der Waals surface area contributed by atoms with E-state index in [9.17, 15) is 14.4 Å². The van der Waals surface area contributed by atoms with Crippen LogP contribution < -0.4 is 5.32 Å². The highest BCUT2D eigenvalue weighted by Gasteiger charge is 2.51. The average Bonchev–Trinajstić information content (AvgIpc) is 3.46. The van der Waals surface area contributed by atoms with Gasteiger partial charge < -0.3 is 24.3 Å². The maximum atomic E-state index is 11.9. The van der Waals surface area contributed by atoms with Crippen molar-refractivity contribution in [2.75, 3.05) is 11.9 Å². The Balaban J connectivity index is 1.71. The Bertz CT molecular complexity index is 1090. The van der Waals surface area contributed by atoms with Gasteiger partial charge in [-0.3, -0.25) is 19.0 Å². The molecule has 4 rings (SSSR count). The zero-order valence-corrected chi connectivity index (χ0v) is 21.2. The molecule has 2 fully saturated rings. The highest BCUT2D eigenvalue weighted by Crippen LogP contribution is 2.37. The number of imidazole rings is 1. The molecule has 0 bridgehead atoms. The van der Waals surface area contributed by atoms with Crippen LogP contribution in [0.15, 0.2) is 6.33 Å². The lowest BCUT2D eigenvalue weighted by atomic mass is 10.1. The van der Waals surface area contributed by atoms with Gasteiger partial charge in [-0.2, -0.15) is 0 Å². The molecule has 1 aliphatic heterocycles. The van der Waals surface area contributed by atoms with E-state index in [1.54, 1.807) is 4.57 Å². The number of ether oxygens (including phenoxy) is 4. The number of carbonyl (C=O) groups excluding carboxylic acids is 3. The topological polar surface area (TPSA) is 144 Å². The number of hydrogen-bond acceptors (Lipinski definition) is 11. The number of aromatic nitrogens is 4. The Kier molecular flexibility index (Phi) is 7.50. The second-order valence-corrected chi connectivity index (χ2v) is 9.27. The van der Waals surface area contributed by atoms with Gasteiger partial charge in [-0.15, -0.1) is 0 Å². The Morgan fingerprint density at radius 3 is 2.41 bits per heavy atom. The van der Waals surface area contributed by atoms with Crippen LogP contribution in [0.5, 0.6) is 0 Å². The van der Waals surface area contributed by atoms with Crippen molar-refractivity contribution in [3.05, 3.63) is 10.2 Å². The molecule has 0 aromatic carbocycles. The van der Waals surface area contributed by atoms with Gasteiger partial charge in [-0.05, 0) is 12.8 Å². The summed E-state index contributed by atoms with van der Waals surface area (Å²) in [5.74, 6) is -1.07. The van der Waals surface area contributed by atoms with Crippen molar-refractivity contribution in [2.24, 2.45) is 0 Å². The first kappa shape index (κ1) is 24.6. The van der Waals surface area contributed by atoms with Crippen LogP contribution in [0.2, 0.25) is 0 Å². The standard InChI is InChI=1S/C21H26IN5O7/c1-10(28)31-8-14-16(32-11(2)29)17(33-12(3)30)20(34-14)27-9-23-15-18(24-13-6-4-5-7-13)25-21(22)26-19(15)27/h9,13-14,16-17,20H,4-8H2,1-3H3,(H,24,25,26). The quantitative estimate of drug-likeness (QED) is 0.220. The molecule has 0 spiro atoms. The zero-order valence-electron chi connectivity index (χ0n) is 19.0. The third-order valence-corrected chi connectivity index (χ3v) is 6.19. The van der Waals surface area contributed by atoms with Gasteiger partial charge >= 0.3 is 17.9 Å². The largest absolute Gasteiger partial charge is 0.463 e. The molecule has 4 atom stereocenters. The first-order valence-electron chi connectivity index (χ1n) is 11.0. The minimum atomic E-state index is -1.02. The molecule has 2 aromatic rings. The Hall–Kier alpha value is -2.55. The van der Waals surface area contributed by atoms with Crippen molar-refractivity contribution in [3.8, 4) is 0 Å². The normalized spacial score (nSPS) is 24.8. The molecule has 184 valence electrons. The molecule has 1 saturated carbocycles. The Morgan fingerprint density at radius 1 is 1.09 bits per heavy atom. The van der Waals surface area contributed by atoms with Crippen molar-refractivity contribution in [1.82, 2.24) is 19.5 Å². The van der Waals surface area contributed by atoms with Gasteiger partial charge in [0.2, 0.25) is 0 Å². The summed E-state index contributed by atoms with van der Waals surface area (Å²) in [4.78, 5) is 48.7. The molecule has 1 aliphatic carbocycles. The van der Waals surface area contributed by atoms with E-state index in [2.05, 4.69) is 20.3 Å². The van der Waals surface area contributed by atoms with E-state index in [-0.39, 0.29) is 6.61 Å². The highest BCUT2D eigenvalue weighted by molar-refractivity contribution is 14.1. The number of anilines is 1. The number of halogens is 1. The molecule has 2 aromatic heterocycles. The van der Waals surface area contributed by atoms with Crippen LogP contribution in [-0.2, 0) is 33.3 Å². The first-order chi connectivity index (χ1) is 16.2. The maximum absolute atomic E-state index is 11.9. The number of nitrogens with zero attached hydrogens (tertiary/aromatic N) is 4. The van der Waals surface area contributed by atoms with Gasteiger partial charge in [0.15, 0.2) is 39.2 Å². The van der Waals surface area contributed by atoms with E-state index in [1.165, 1.54) is 39.9 Å². The summed E-state index contributed by atoms with van der Waals surface area (Å²) < 4.78 is 24.3. The van der Waals surface area contributed by atoms with Crippen LogP contribution in [0, 0.1) is 3.83 Å². The number of carbonyl (C=O) groups is 3. The van der Waals surface area contributed by atoms with E-state index in [0.29, 0.717) is 26.9 Å². The van der Waals surface area contributed by atoms with Gasteiger partial charge in [0.05, 0.1) is 6.33 Å². The number of fused-ring (bicyclic) bond motifs is 1. The lowest BCUT2D eigenvalue weighted by Crippen LogP contribution is -2.40. The highest BCUT2D eigenvalue weighted by atomic mass is 127. The van der Waals surface area contributed by atoms with Crippen molar-refractivity contribution in [3.63, 3.8) is 0 Å². The van der Waals surface area contributed by atoms with Crippen LogP contribution in [0.3, 0.4) is 0 Å². The van der Waals surface area contributed by atoms with E-state index in [0.717, 1.165) is 12.8 Å². The SMILES string of the molecule is CC(=O)OCC1OC(n2cnc3c(NC4CCCC4)nc(I)nc32)C(OC(C)=O)C1OC(C)=O. The zero-order chi connectivity index (χ0) is 24.4. The monoisotopic (exact) mass is 587 g/mol. The van der Waals surface area contributed by atoms with Crippen LogP contribution in [0.4, 0.5) is 5.82 Å². The van der Waals surface area contributed by atoms with Gasteiger partial charge in [0, 0.05) is 49.4 Å². The van der Waals surface area contributed by atoms with E-state index in [4.69, 9.17) is 18.9 Å². The van der Waals surface area contributed by atoms with Gasteiger partial charge in [0.25, 0.3) is 0 Å². The molecular weight excluding hydrogens is 561 g/mol. The van der Waals surface area contributed by atoms with E-state index < -0.39 is 42.4 Å². The molecule has 0 radical (unpaired) electrons. The molecule has 4 unspecified atom stereocenters. The molecule has 13 heteroatoms. The van der Waals surface area contributed by atoms with Crippen LogP contribution in [0.1, 0.15) is 52.7 Å². The average molecular weight is 587 g/mol. The van der Waals surface area contributed by atoms with Crippen LogP contribution in [-0.4, -0.2) is 68.4 Å². The summed E-state index contributed by atoms with van der Waals surface area (Å²) in [6.45, 7) is 3.57. The van der Waals surface area contributed by atoms with Crippen molar-refractivity contribution >= 4 is 57.5 Å². The summed E-state index contributed by atoms with van der Waals surface area (Å²) in [5.41, 5.74) is 1.02. The molecule has 3 heterocycles. The second-order valence-electron chi connectivity index (χ2n) is 8.31. The molecule has 2 aliphatic rings. The van der Waals surface area contributed by atoms with Gasteiger partial charge in [-0.25, -0.2) is 15.0 Å². The number of hydrogen-bond donors (Lipinski definition) is 1. The number of rotatable bonds is 7. The summed E-state index contributed by atoms with van der Waals surface area (Å²) in [5, 5.41) is 3.46. The summed E-state index contributed by atoms with van der Waals surface area (Å²) in [6.07, 6.45) is 2.17.